The van der Waals surface area contributed by atoms with E-state index in [4.69, 9.17) is 17.3 Å². The Kier molecular flexibility index (Phi) is 3.88. The Bertz CT molecular complexity index is 452. The quantitative estimate of drug-likeness (QED) is 0.865. The molecule has 0 radical (unpaired) electrons. The van der Waals surface area contributed by atoms with Crippen LogP contribution in [0.25, 0.3) is 0 Å². The van der Waals surface area contributed by atoms with Crippen molar-refractivity contribution in [2.24, 2.45) is 11.7 Å². The molecule has 1 aliphatic carbocycles. The zero-order valence-electron chi connectivity index (χ0n) is 10.4. The van der Waals surface area contributed by atoms with E-state index in [2.05, 4.69) is 17.2 Å². The summed E-state index contributed by atoms with van der Waals surface area (Å²) in [6, 6.07) is 3.28. The van der Waals surface area contributed by atoms with Gasteiger partial charge in [-0.2, -0.15) is 0 Å². The molecule has 1 aliphatic rings. The summed E-state index contributed by atoms with van der Waals surface area (Å²) < 4.78 is 0. The zero-order valence-corrected chi connectivity index (χ0v) is 11.2. The molecule has 0 spiro atoms. The second-order valence-corrected chi connectivity index (χ2v) is 5.61. The van der Waals surface area contributed by atoms with Crippen molar-refractivity contribution in [3.63, 3.8) is 0 Å². The third kappa shape index (κ3) is 3.00. The molecule has 1 saturated carbocycles. The molecule has 1 amide bonds. The predicted octanol–water partition coefficient (Wildman–Crippen LogP) is 2.58. The van der Waals surface area contributed by atoms with E-state index >= 15 is 0 Å². The Balaban J connectivity index is 2.07. The van der Waals surface area contributed by atoms with Gasteiger partial charge in [0.05, 0.1) is 5.54 Å². The van der Waals surface area contributed by atoms with E-state index in [0.717, 1.165) is 25.7 Å². The number of nitrogens with one attached hydrogen (secondary N) is 1. The summed E-state index contributed by atoms with van der Waals surface area (Å²) in [5.41, 5.74) is 5.43. The predicted molar refractivity (Wildman–Crippen MR) is 72.4 cm³/mol. The van der Waals surface area contributed by atoms with Gasteiger partial charge < -0.3 is 11.1 Å². The van der Waals surface area contributed by atoms with Crippen molar-refractivity contribution >= 4 is 23.3 Å². The molecular weight excluding hydrogens is 250 g/mol. The second-order valence-electron chi connectivity index (χ2n) is 5.17. The van der Waals surface area contributed by atoms with E-state index < -0.39 is 5.54 Å². The number of nitrogens with two attached hydrogens (primary N) is 1. The Morgan fingerprint density at radius 1 is 1.67 bits per heavy atom. The highest BCUT2D eigenvalue weighted by molar-refractivity contribution is 6.30. The van der Waals surface area contributed by atoms with Crippen molar-refractivity contribution in [3.05, 3.63) is 23.4 Å². The molecule has 2 unspecified atom stereocenters. The largest absolute Gasteiger partial charge is 0.317 e. The minimum absolute atomic E-state index is 0.163. The fourth-order valence-corrected chi connectivity index (χ4v) is 2.67. The molecule has 5 heteroatoms. The number of nitrogens with zero attached hydrogens (tertiary/aromatic N) is 1. The number of carbonyl (C=O) groups is 1. The molecule has 1 aromatic rings. The standard InChI is InChI=1S/C13H18ClN3O/c1-9-3-2-5-13(15,8-9)12(18)17-11-7-10(14)4-6-16-11/h4,6-7,9H,2-3,5,8,15H2,1H3,(H,16,17,18). The summed E-state index contributed by atoms with van der Waals surface area (Å²) in [7, 11) is 0. The van der Waals surface area contributed by atoms with Gasteiger partial charge in [0, 0.05) is 11.2 Å². The van der Waals surface area contributed by atoms with Crippen molar-refractivity contribution in [3.8, 4) is 0 Å². The molecule has 1 heterocycles. The molecule has 4 nitrogen and oxygen atoms in total. The van der Waals surface area contributed by atoms with Gasteiger partial charge in [-0.1, -0.05) is 31.4 Å². The van der Waals surface area contributed by atoms with Gasteiger partial charge in [0.1, 0.15) is 5.82 Å². The van der Waals surface area contributed by atoms with Gasteiger partial charge in [-0.25, -0.2) is 4.98 Å². The number of pyridine rings is 1. The fourth-order valence-electron chi connectivity index (χ4n) is 2.51. The number of anilines is 1. The first-order valence-electron chi connectivity index (χ1n) is 6.21. The Hall–Kier alpha value is -1.13. The number of amides is 1. The number of aromatic nitrogens is 1. The smallest absolute Gasteiger partial charge is 0.245 e. The number of halogens is 1. The molecule has 0 bridgehead atoms. The van der Waals surface area contributed by atoms with Crippen LogP contribution in [0.3, 0.4) is 0 Å². The first kappa shape index (κ1) is 13.3. The molecule has 1 fully saturated rings. The summed E-state index contributed by atoms with van der Waals surface area (Å²) in [5, 5.41) is 3.30. The number of hydrogen-bond donors (Lipinski definition) is 2. The SMILES string of the molecule is CC1CCCC(N)(C(=O)Nc2cc(Cl)ccn2)C1. The molecular formula is C13H18ClN3O. The van der Waals surface area contributed by atoms with Crippen molar-refractivity contribution in [1.29, 1.82) is 0 Å². The third-order valence-electron chi connectivity index (χ3n) is 3.45. The topological polar surface area (TPSA) is 68.0 Å². The van der Waals surface area contributed by atoms with Crippen LogP contribution >= 0.6 is 11.6 Å². The highest BCUT2D eigenvalue weighted by Crippen LogP contribution is 2.31. The average molecular weight is 268 g/mol. The molecule has 0 saturated heterocycles. The van der Waals surface area contributed by atoms with Crippen LogP contribution in [0.5, 0.6) is 0 Å². The van der Waals surface area contributed by atoms with E-state index in [1.807, 2.05) is 0 Å². The Labute approximate surface area is 112 Å². The normalized spacial score (nSPS) is 27.8. The molecule has 2 atom stereocenters. The van der Waals surface area contributed by atoms with Crippen molar-refractivity contribution in [1.82, 2.24) is 4.98 Å². The van der Waals surface area contributed by atoms with Gasteiger partial charge in [-0.05, 0) is 30.9 Å². The maximum Gasteiger partial charge on any atom is 0.245 e. The summed E-state index contributed by atoms with van der Waals surface area (Å²) in [6.45, 7) is 2.13. The lowest BCUT2D eigenvalue weighted by atomic mass is 9.76. The van der Waals surface area contributed by atoms with Crippen molar-refractivity contribution < 1.29 is 4.79 Å². The molecule has 98 valence electrons. The highest BCUT2D eigenvalue weighted by Gasteiger charge is 2.38. The minimum atomic E-state index is -0.776. The lowest BCUT2D eigenvalue weighted by Gasteiger charge is -2.35. The van der Waals surface area contributed by atoms with Gasteiger partial charge in [-0.15, -0.1) is 0 Å². The van der Waals surface area contributed by atoms with Gasteiger partial charge in [0.15, 0.2) is 0 Å². The third-order valence-corrected chi connectivity index (χ3v) is 3.68. The van der Waals surface area contributed by atoms with Crippen molar-refractivity contribution in [2.75, 3.05) is 5.32 Å². The summed E-state index contributed by atoms with van der Waals surface area (Å²) in [6.07, 6.45) is 5.14. The number of hydrogen-bond acceptors (Lipinski definition) is 3. The molecule has 1 aromatic heterocycles. The van der Waals surface area contributed by atoms with E-state index in [-0.39, 0.29) is 5.91 Å². The molecule has 2 rings (SSSR count). The van der Waals surface area contributed by atoms with Crippen LogP contribution < -0.4 is 11.1 Å². The van der Waals surface area contributed by atoms with Crippen LogP contribution in [0.4, 0.5) is 5.82 Å². The molecule has 0 aromatic carbocycles. The first-order valence-corrected chi connectivity index (χ1v) is 6.59. The maximum atomic E-state index is 12.2. The van der Waals surface area contributed by atoms with Gasteiger partial charge in [0.25, 0.3) is 0 Å². The molecule has 3 N–H and O–H groups in total. The van der Waals surface area contributed by atoms with Crippen LogP contribution in [0.15, 0.2) is 18.3 Å². The second kappa shape index (κ2) is 5.24. The minimum Gasteiger partial charge on any atom is -0.317 e. The van der Waals surface area contributed by atoms with E-state index in [0.29, 0.717) is 16.8 Å². The maximum absolute atomic E-state index is 12.2. The fraction of sp³-hybridized carbons (Fsp3) is 0.538. The summed E-state index contributed by atoms with van der Waals surface area (Å²) >= 11 is 5.85. The van der Waals surface area contributed by atoms with Crippen LogP contribution in [-0.2, 0) is 4.79 Å². The van der Waals surface area contributed by atoms with Gasteiger partial charge >= 0.3 is 0 Å². The van der Waals surface area contributed by atoms with E-state index in [9.17, 15) is 4.79 Å². The number of carbonyl (C=O) groups excluding carboxylic acids is 1. The van der Waals surface area contributed by atoms with E-state index in [1.54, 1.807) is 18.3 Å². The van der Waals surface area contributed by atoms with Crippen LogP contribution in [0.2, 0.25) is 5.02 Å². The van der Waals surface area contributed by atoms with Crippen molar-refractivity contribution in [2.45, 2.75) is 38.1 Å². The lowest BCUT2D eigenvalue weighted by molar-refractivity contribution is -0.122. The summed E-state index contributed by atoms with van der Waals surface area (Å²) in [4.78, 5) is 16.3. The van der Waals surface area contributed by atoms with Gasteiger partial charge in [-0.3, -0.25) is 4.79 Å². The van der Waals surface area contributed by atoms with Crippen LogP contribution in [0, 0.1) is 5.92 Å². The van der Waals surface area contributed by atoms with Gasteiger partial charge in [0.2, 0.25) is 5.91 Å². The van der Waals surface area contributed by atoms with E-state index in [1.165, 1.54) is 0 Å². The Morgan fingerprint density at radius 2 is 2.44 bits per heavy atom. The Morgan fingerprint density at radius 3 is 3.11 bits per heavy atom. The van der Waals surface area contributed by atoms with Crippen LogP contribution in [-0.4, -0.2) is 16.4 Å². The zero-order chi connectivity index (χ0) is 13.2. The highest BCUT2D eigenvalue weighted by atomic mass is 35.5. The van der Waals surface area contributed by atoms with Crippen LogP contribution in [0.1, 0.15) is 32.6 Å². The lowest BCUT2D eigenvalue weighted by Crippen LogP contribution is -2.53. The average Bonchev–Trinajstić information content (AvgIpc) is 2.28. The summed E-state index contributed by atoms with van der Waals surface area (Å²) in [5.74, 6) is 0.779. The molecule has 0 aliphatic heterocycles. The monoisotopic (exact) mass is 267 g/mol. The molecule has 18 heavy (non-hydrogen) atoms. The first-order chi connectivity index (χ1) is 8.49. The number of rotatable bonds is 2.